The molecule has 0 unspecified atom stereocenters. The summed E-state index contributed by atoms with van der Waals surface area (Å²) in [6.45, 7) is 0.320. The highest BCUT2D eigenvalue weighted by Crippen LogP contribution is 2.59. The Kier molecular flexibility index (Phi) is 8.47. The Morgan fingerprint density at radius 2 is 1.05 bits per heavy atom. The molecule has 9 rings (SSSR count). The van der Waals surface area contributed by atoms with Gasteiger partial charge in [-0.05, 0) is 52.2 Å². The molecule has 8 aromatic carbocycles. The zero-order valence-corrected chi connectivity index (χ0v) is 30.5. The lowest BCUT2D eigenvalue weighted by Crippen LogP contribution is -2.16. The molecule has 0 amide bonds. The maximum atomic E-state index is 11.2. The van der Waals surface area contributed by atoms with Crippen LogP contribution in [0.1, 0.15) is 16.7 Å². The summed E-state index contributed by atoms with van der Waals surface area (Å²) in [6.07, 6.45) is 0. The lowest BCUT2D eigenvalue weighted by molar-refractivity contribution is 0.347. The van der Waals surface area contributed by atoms with Crippen molar-refractivity contribution in [3.05, 3.63) is 156 Å². The molecule has 0 atom stereocenters. The second kappa shape index (κ2) is 13.8. The van der Waals surface area contributed by atoms with Crippen molar-refractivity contribution in [1.29, 1.82) is 0 Å². The molecule has 0 radical (unpaired) electrons. The van der Waals surface area contributed by atoms with E-state index in [1.807, 2.05) is 60.7 Å². The first-order valence-corrected chi connectivity index (χ1v) is 18.2. The third-order valence-electron chi connectivity index (χ3n) is 10.5. The maximum Gasteiger partial charge on any atom is 0.205 e. The molecule has 9 aromatic rings. The van der Waals surface area contributed by atoms with Crippen molar-refractivity contribution in [3.8, 4) is 57.1 Å². The Morgan fingerprint density at radius 1 is 0.500 bits per heavy atom. The van der Waals surface area contributed by atoms with Gasteiger partial charge in [-0.2, -0.15) is 0 Å². The number of nitrogens with zero attached hydrogens (tertiary/aromatic N) is 3. The summed E-state index contributed by atoms with van der Waals surface area (Å²) in [5.41, 5.74) is 12.2. The highest BCUT2D eigenvalue weighted by atomic mass is 16.3. The van der Waals surface area contributed by atoms with E-state index >= 15 is 0 Å². The van der Waals surface area contributed by atoms with Crippen LogP contribution >= 0.6 is 0 Å². The first-order valence-electron chi connectivity index (χ1n) is 18.2. The predicted octanol–water partition coefficient (Wildman–Crippen LogP) is 9.05. The summed E-state index contributed by atoms with van der Waals surface area (Å²) in [5, 5.41) is 76.4. The Bertz CT molecular complexity index is 3140. The van der Waals surface area contributed by atoms with Crippen LogP contribution in [-0.2, 0) is 6.54 Å². The van der Waals surface area contributed by atoms with E-state index < -0.39 is 51.0 Å². The molecule has 11 heteroatoms. The van der Waals surface area contributed by atoms with Crippen LogP contribution in [0.3, 0.4) is 0 Å². The normalized spacial score (nSPS) is 12.3. The molecule has 11 nitrogen and oxygen atoms in total. The number of para-hydroxylation sites is 3. The summed E-state index contributed by atoms with van der Waals surface area (Å²) in [4.78, 5) is 9.89. The summed E-state index contributed by atoms with van der Waals surface area (Å²) < 4.78 is 2.27. The van der Waals surface area contributed by atoms with Gasteiger partial charge < -0.3 is 46.0 Å². The second-order valence-corrected chi connectivity index (χ2v) is 13.8. The van der Waals surface area contributed by atoms with Gasteiger partial charge in [-0.25, -0.2) is 4.99 Å². The minimum absolute atomic E-state index is 0.220. The van der Waals surface area contributed by atoms with Gasteiger partial charge in [0.25, 0.3) is 0 Å². The number of fused-ring (bicyclic) bond motifs is 5. The van der Waals surface area contributed by atoms with Crippen LogP contribution in [0.5, 0.6) is 40.2 Å². The molecule has 1 aromatic heterocycles. The summed E-state index contributed by atoms with van der Waals surface area (Å²) in [7, 11) is 0. The highest BCUT2D eigenvalue weighted by Gasteiger charge is 2.29. The van der Waals surface area contributed by atoms with Gasteiger partial charge in [-0.15, -0.1) is 0 Å². The number of phenols is 7. The van der Waals surface area contributed by atoms with E-state index in [-0.39, 0.29) is 17.0 Å². The SMILES string of the molecule is N/C(=N\C(=N/Cc1ccccc1-n1c2ccccc2c2ccccc21)c1ccccc1)c1ccc2cc(-c3c(O)c(O)c4c(O)c(O)c(O)c(O)c4c3O)ccc2c1. The predicted molar refractivity (Wildman–Crippen MR) is 227 cm³/mol. The molecule has 0 spiro atoms. The molecule has 0 aliphatic heterocycles. The van der Waals surface area contributed by atoms with Gasteiger partial charge in [0.2, 0.25) is 11.5 Å². The van der Waals surface area contributed by atoms with Crippen LogP contribution < -0.4 is 5.73 Å². The molecule has 1 heterocycles. The smallest absolute Gasteiger partial charge is 0.205 e. The number of hydrogen-bond donors (Lipinski definition) is 8. The van der Waals surface area contributed by atoms with E-state index in [4.69, 9.17) is 15.7 Å². The van der Waals surface area contributed by atoms with Gasteiger partial charge in [0.15, 0.2) is 28.8 Å². The lowest BCUT2D eigenvalue weighted by Gasteiger charge is -2.17. The number of phenolic OH excluding ortho intramolecular Hbond substituents is 7. The summed E-state index contributed by atoms with van der Waals surface area (Å²) in [6, 6.07) is 44.8. The van der Waals surface area contributed by atoms with Crippen LogP contribution in [0, 0.1) is 0 Å². The number of amidine groups is 2. The number of aliphatic imine (C=N–C) groups is 2. The number of aromatic nitrogens is 1. The quantitative estimate of drug-likeness (QED) is 0.0355. The Hall–Kier alpha value is -8.18. The molecular weight excluding hydrogens is 733 g/mol. The first kappa shape index (κ1) is 35.5. The van der Waals surface area contributed by atoms with Gasteiger partial charge in [0.05, 0.1) is 39.6 Å². The largest absolute Gasteiger partial charge is 0.506 e. The summed E-state index contributed by atoms with van der Waals surface area (Å²) in [5.74, 6) is -6.07. The molecule has 58 heavy (non-hydrogen) atoms. The lowest BCUT2D eigenvalue weighted by atomic mass is 9.94. The molecule has 9 N–H and O–H groups in total. The standard InChI is InChI=1S/C47H34N4O7/c48-46(29-21-19-26-22-28(20-18-27(26)23-29)36-39(52)37-38(41(54)40(36)53)43(56)45(58)44(57)42(37)55)50-47(25-10-2-1-3-11-25)49-24-30-12-4-7-15-33(30)51-34-16-8-5-13-31(34)32-14-6-9-17-35(32)51/h1-23,52-58H,24H2,(H2,48,49,50). The fourth-order valence-electron chi connectivity index (χ4n) is 7.63. The molecule has 0 aliphatic rings. The van der Waals surface area contributed by atoms with Crippen molar-refractivity contribution in [1.82, 2.24) is 4.57 Å². The third kappa shape index (κ3) is 5.68. The Morgan fingerprint density at radius 3 is 1.74 bits per heavy atom. The van der Waals surface area contributed by atoms with Crippen LogP contribution in [-0.4, -0.2) is 52.0 Å². The van der Waals surface area contributed by atoms with E-state index in [2.05, 4.69) is 53.1 Å². The van der Waals surface area contributed by atoms with E-state index in [1.165, 1.54) is 10.8 Å². The van der Waals surface area contributed by atoms with Crippen LogP contribution in [0.2, 0.25) is 0 Å². The van der Waals surface area contributed by atoms with Gasteiger partial charge in [0.1, 0.15) is 11.6 Å². The Balaban J connectivity index is 1.09. The average Bonchev–Trinajstić information content (AvgIpc) is 3.59. The topological polar surface area (TPSA) is 197 Å². The molecule has 0 saturated carbocycles. The number of aromatic hydroxyl groups is 7. The maximum absolute atomic E-state index is 11.2. The molecular formula is C47H34N4O7. The van der Waals surface area contributed by atoms with E-state index in [0.717, 1.165) is 33.2 Å². The van der Waals surface area contributed by atoms with Crippen LogP contribution in [0.25, 0.3) is 60.2 Å². The third-order valence-corrected chi connectivity index (χ3v) is 10.5. The van der Waals surface area contributed by atoms with E-state index in [0.29, 0.717) is 23.3 Å². The summed E-state index contributed by atoms with van der Waals surface area (Å²) >= 11 is 0. The fourth-order valence-corrected chi connectivity index (χ4v) is 7.63. The number of nitrogens with two attached hydrogens (primary N) is 1. The minimum Gasteiger partial charge on any atom is -0.506 e. The first-order chi connectivity index (χ1) is 28.1. The highest BCUT2D eigenvalue weighted by molar-refractivity contribution is 6.13. The second-order valence-electron chi connectivity index (χ2n) is 13.8. The van der Waals surface area contributed by atoms with Gasteiger partial charge in [0, 0.05) is 21.9 Å². The van der Waals surface area contributed by atoms with Crippen molar-refractivity contribution in [3.63, 3.8) is 0 Å². The van der Waals surface area contributed by atoms with Crippen molar-refractivity contribution < 1.29 is 35.7 Å². The van der Waals surface area contributed by atoms with Gasteiger partial charge in [-0.3, -0.25) is 4.99 Å². The van der Waals surface area contributed by atoms with Gasteiger partial charge >= 0.3 is 0 Å². The van der Waals surface area contributed by atoms with Crippen molar-refractivity contribution >= 4 is 55.0 Å². The van der Waals surface area contributed by atoms with Crippen LogP contribution in [0.15, 0.2) is 150 Å². The number of benzene rings is 8. The Labute approximate surface area is 330 Å². The number of hydrogen-bond acceptors (Lipinski definition) is 8. The van der Waals surface area contributed by atoms with Crippen LogP contribution in [0.4, 0.5) is 0 Å². The van der Waals surface area contributed by atoms with Crippen molar-refractivity contribution in [2.24, 2.45) is 15.7 Å². The van der Waals surface area contributed by atoms with Crippen molar-refractivity contribution in [2.45, 2.75) is 6.54 Å². The molecule has 0 bridgehead atoms. The average molecular weight is 767 g/mol. The minimum atomic E-state index is -1.13. The van der Waals surface area contributed by atoms with E-state index in [1.54, 1.807) is 30.3 Å². The molecule has 284 valence electrons. The molecule has 0 fully saturated rings. The zero-order valence-electron chi connectivity index (χ0n) is 30.5. The molecule has 0 saturated heterocycles. The fraction of sp³-hybridized carbons (Fsp3) is 0.0213. The van der Waals surface area contributed by atoms with Crippen molar-refractivity contribution in [2.75, 3.05) is 0 Å². The monoisotopic (exact) mass is 766 g/mol. The van der Waals surface area contributed by atoms with Gasteiger partial charge in [-0.1, -0.05) is 109 Å². The van der Waals surface area contributed by atoms with E-state index in [9.17, 15) is 35.7 Å². The zero-order chi connectivity index (χ0) is 40.2. The molecule has 0 aliphatic carbocycles. The number of rotatable bonds is 6.